The fourth-order valence-electron chi connectivity index (χ4n) is 3.90. The number of amides is 1. The zero-order chi connectivity index (χ0) is 18.4. The van der Waals surface area contributed by atoms with Crippen LogP contribution in [0.25, 0.3) is 0 Å². The number of benzene rings is 1. The molecule has 0 saturated carbocycles. The lowest BCUT2D eigenvalue weighted by molar-refractivity contribution is -0.159. The van der Waals surface area contributed by atoms with E-state index in [4.69, 9.17) is 9.94 Å². The number of hydrogen-bond donors (Lipinski definition) is 1. The summed E-state index contributed by atoms with van der Waals surface area (Å²) in [6.45, 7) is 0. The molecule has 3 rings (SSSR count). The van der Waals surface area contributed by atoms with Crippen molar-refractivity contribution in [2.24, 2.45) is 11.8 Å². The zero-order valence-electron chi connectivity index (χ0n) is 15.4. The standard InChI is InChI=1S/C20H29NO3S2/c1-21(23)20(22)9-5-6-12-25-13-16-17(19-11-10-18(16)24-19)14-26-15-7-3-2-4-8-15/h2-4,7-8,16-19,23H,5-6,9-14H2,1H3/t16-,17+,18-,19+/m0/s1. The van der Waals surface area contributed by atoms with Crippen molar-refractivity contribution in [1.29, 1.82) is 0 Å². The maximum Gasteiger partial charge on any atom is 0.245 e. The zero-order valence-corrected chi connectivity index (χ0v) is 17.0. The van der Waals surface area contributed by atoms with E-state index in [-0.39, 0.29) is 5.91 Å². The first-order chi connectivity index (χ1) is 12.6. The van der Waals surface area contributed by atoms with Crippen LogP contribution in [0.3, 0.4) is 0 Å². The molecule has 2 heterocycles. The molecule has 6 heteroatoms. The first-order valence-corrected chi connectivity index (χ1v) is 11.7. The highest BCUT2D eigenvalue weighted by molar-refractivity contribution is 7.99. The molecule has 2 saturated heterocycles. The van der Waals surface area contributed by atoms with Crippen LogP contribution in [0.15, 0.2) is 35.2 Å². The minimum absolute atomic E-state index is 0.200. The second kappa shape index (κ2) is 10.0. The van der Waals surface area contributed by atoms with Gasteiger partial charge in [-0.2, -0.15) is 11.8 Å². The molecule has 2 aliphatic rings. The molecule has 1 amide bonds. The molecule has 0 aromatic heterocycles. The van der Waals surface area contributed by atoms with Gasteiger partial charge in [0.2, 0.25) is 5.91 Å². The number of carbonyl (C=O) groups excluding carboxylic acids is 1. The minimum atomic E-state index is -0.200. The van der Waals surface area contributed by atoms with Gasteiger partial charge in [-0.05, 0) is 49.3 Å². The van der Waals surface area contributed by atoms with Crippen molar-refractivity contribution in [2.45, 2.75) is 49.2 Å². The molecule has 1 aromatic carbocycles. The van der Waals surface area contributed by atoms with Gasteiger partial charge in [-0.1, -0.05) is 18.2 Å². The molecule has 0 unspecified atom stereocenters. The highest BCUT2D eigenvalue weighted by Gasteiger charge is 2.48. The molecule has 144 valence electrons. The second-order valence-electron chi connectivity index (χ2n) is 7.19. The number of thioether (sulfide) groups is 2. The molecule has 0 spiro atoms. The van der Waals surface area contributed by atoms with Crippen molar-refractivity contribution in [3.63, 3.8) is 0 Å². The third kappa shape index (κ3) is 5.41. The Morgan fingerprint density at radius 2 is 1.85 bits per heavy atom. The monoisotopic (exact) mass is 395 g/mol. The van der Waals surface area contributed by atoms with Crippen LogP contribution in [0, 0.1) is 11.8 Å². The molecule has 1 aromatic rings. The molecule has 4 nitrogen and oxygen atoms in total. The molecule has 2 fully saturated rings. The fourth-order valence-corrected chi connectivity index (χ4v) is 6.41. The summed E-state index contributed by atoms with van der Waals surface area (Å²) in [6, 6.07) is 10.6. The lowest BCUT2D eigenvalue weighted by atomic mass is 9.81. The lowest BCUT2D eigenvalue weighted by Gasteiger charge is -2.27. The summed E-state index contributed by atoms with van der Waals surface area (Å²) in [4.78, 5) is 12.7. The Morgan fingerprint density at radius 1 is 1.15 bits per heavy atom. The van der Waals surface area contributed by atoms with E-state index in [1.54, 1.807) is 0 Å². The summed E-state index contributed by atoms with van der Waals surface area (Å²) in [5.74, 6) is 4.52. The topological polar surface area (TPSA) is 49.8 Å². The Morgan fingerprint density at radius 3 is 2.54 bits per heavy atom. The molecule has 0 aliphatic carbocycles. The number of hydroxylamine groups is 2. The first-order valence-electron chi connectivity index (χ1n) is 9.51. The van der Waals surface area contributed by atoms with Crippen LogP contribution in [0.4, 0.5) is 0 Å². The van der Waals surface area contributed by atoms with Crippen LogP contribution < -0.4 is 0 Å². The maximum atomic E-state index is 11.4. The number of hydrogen-bond acceptors (Lipinski definition) is 5. The second-order valence-corrected chi connectivity index (χ2v) is 9.43. The quantitative estimate of drug-likeness (QED) is 0.277. The van der Waals surface area contributed by atoms with Crippen LogP contribution in [-0.4, -0.2) is 52.7 Å². The van der Waals surface area contributed by atoms with E-state index in [2.05, 4.69) is 30.3 Å². The van der Waals surface area contributed by atoms with E-state index in [1.807, 2.05) is 23.5 Å². The van der Waals surface area contributed by atoms with Gasteiger partial charge in [0, 0.05) is 36.0 Å². The predicted molar refractivity (Wildman–Crippen MR) is 108 cm³/mol. The smallest absolute Gasteiger partial charge is 0.245 e. The maximum absolute atomic E-state index is 11.4. The minimum Gasteiger partial charge on any atom is -0.374 e. The average Bonchev–Trinajstić information content (AvgIpc) is 3.25. The summed E-state index contributed by atoms with van der Waals surface area (Å²) in [6.07, 6.45) is 5.66. The van der Waals surface area contributed by atoms with Crippen molar-refractivity contribution in [3.8, 4) is 0 Å². The Bertz CT molecular complexity index is 569. The summed E-state index contributed by atoms with van der Waals surface area (Å²) in [5, 5.41) is 9.74. The van der Waals surface area contributed by atoms with Gasteiger partial charge in [0.05, 0.1) is 12.2 Å². The largest absolute Gasteiger partial charge is 0.374 e. The molecular formula is C20H29NO3S2. The van der Waals surface area contributed by atoms with Crippen LogP contribution in [0.5, 0.6) is 0 Å². The number of nitrogens with zero attached hydrogens (tertiary/aromatic N) is 1. The van der Waals surface area contributed by atoms with Crippen LogP contribution >= 0.6 is 23.5 Å². The SMILES string of the molecule is CN(O)C(=O)CCCCSC[C@H]1[C@@H](CSc2ccccc2)[C@H]2CC[C@@H]1O2. The van der Waals surface area contributed by atoms with E-state index in [0.717, 1.165) is 30.1 Å². The number of fused-ring (bicyclic) bond motifs is 2. The summed E-state index contributed by atoms with van der Waals surface area (Å²) >= 11 is 3.96. The van der Waals surface area contributed by atoms with E-state index in [9.17, 15) is 4.79 Å². The molecule has 2 aliphatic heterocycles. The Kier molecular flexibility index (Phi) is 7.73. The van der Waals surface area contributed by atoms with E-state index in [0.29, 0.717) is 35.5 Å². The van der Waals surface area contributed by atoms with Gasteiger partial charge in [-0.25, -0.2) is 5.06 Å². The molecule has 4 atom stereocenters. The van der Waals surface area contributed by atoms with Gasteiger partial charge in [0.1, 0.15) is 0 Å². The van der Waals surface area contributed by atoms with Gasteiger partial charge in [-0.3, -0.25) is 10.0 Å². The number of ether oxygens (including phenoxy) is 1. The molecule has 1 N–H and O–H groups in total. The highest BCUT2D eigenvalue weighted by atomic mass is 32.2. The van der Waals surface area contributed by atoms with Crippen LogP contribution in [0.1, 0.15) is 32.1 Å². The van der Waals surface area contributed by atoms with Crippen molar-refractivity contribution in [2.75, 3.05) is 24.3 Å². The van der Waals surface area contributed by atoms with E-state index in [1.165, 1.54) is 24.8 Å². The summed E-state index contributed by atoms with van der Waals surface area (Å²) in [7, 11) is 1.39. The van der Waals surface area contributed by atoms with Crippen molar-refractivity contribution in [1.82, 2.24) is 5.06 Å². The molecule has 26 heavy (non-hydrogen) atoms. The third-order valence-electron chi connectivity index (χ3n) is 5.38. The van der Waals surface area contributed by atoms with Crippen molar-refractivity contribution < 1.29 is 14.7 Å². The molecule has 0 radical (unpaired) electrons. The molecule has 2 bridgehead atoms. The Labute approximate surface area is 165 Å². The van der Waals surface area contributed by atoms with E-state index >= 15 is 0 Å². The Hall–Kier alpha value is -0.690. The average molecular weight is 396 g/mol. The van der Waals surface area contributed by atoms with Crippen molar-refractivity contribution >= 4 is 29.4 Å². The fraction of sp³-hybridized carbons (Fsp3) is 0.650. The van der Waals surface area contributed by atoms with Gasteiger partial charge in [-0.15, -0.1) is 11.8 Å². The normalized spacial score (nSPS) is 27.0. The number of rotatable bonds is 10. The van der Waals surface area contributed by atoms with Crippen LogP contribution in [0.2, 0.25) is 0 Å². The lowest BCUT2D eigenvalue weighted by Crippen LogP contribution is -2.30. The highest BCUT2D eigenvalue weighted by Crippen LogP contribution is 2.46. The third-order valence-corrected chi connectivity index (χ3v) is 7.73. The Balaban J connectivity index is 1.38. The van der Waals surface area contributed by atoms with Crippen molar-refractivity contribution in [3.05, 3.63) is 30.3 Å². The first kappa shape index (κ1) is 20.1. The number of unbranched alkanes of at least 4 members (excludes halogenated alkanes) is 1. The van der Waals surface area contributed by atoms with Gasteiger partial charge >= 0.3 is 0 Å². The van der Waals surface area contributed by atoms with Gasteiger partial charge < -0.3 is 4.74 Å². The van der Waals surface area contributed by atoms with Crippen LogP contribution in [-0.2, 0) is 9.53 Å². The van der Waals surface area contributed by atoms with Gasteiger partial charge in [0.15, 0.2) is 0 Å². The summed E-state index contributed by atoms with van der Waals surface area (Å²) in [5.41, 5.74) is 0. The van der Waals surface area contributed by atoms with Gasteiger partial charge in [0.25, 0.3) is 0 Å². The number of carbonyl (C=O) groups is 1. The molecular weight excluding hydrogens is 366 g/mol. The summed E-state index contributed by atoms with van der Waals surface area (Å²) < 4.78 is 6.22. The van der Waals surface area contributed by atoms with E-state index < -0.39 is 0 Å². The predicted octanol–water partition coefficient (Wildman–Crippen LogP) is 4.32.